The van der Waals surface area contributed by atoms with E-state index in [1.807, 2.05) is 4.90 Å². The predicted octanol–water partition coefficient (Wildman–Crippen LogP) is 2.54. The van der Waals surface area contributed by atoms with E-state index in [-0.39, 0.29) is 17.2 Å². The first kappa shape index (κ1) is 22.8. The van der Waals surface area contributed by atoms with Gasteiger partial charge in [-0.3, -0.25) is 9.69 Å². The predicted molar refractivity (Wildman–Crippen MR) is 113 cm³/mol. The lowest BCUT2D eigenvalue weighted by Gasteiger charge is -2.38. The Morgan fingerprint density at radius 1 is 1.37 bits per heavy atom. The van der Waals surface area contributed by atoms with E-state index in [2.05, 4.69) is 6.58 Å². The average Bonchev–Trinajstić information content (AvgIpc) is 3.56. The second kappa shape index (κ2) is 9.49. The van der Waals surface area contributed by atoms with Crippen molar-refractivity contribution in [3.05, 3.63) is 51.7 Å². The lowest BCUT2D eigenvalue weighted by atomic mass is 10.1. The summed E-state index contributed by atoms with van der Waals surface area (Å²) in [6.45, 7) is 7.43. The Morgan fingerprint density at radius 2 is 2.00 bits per heavy atom. The van der Waals surface area contributed by atoms with Gasteiger partial charge in [0.2, 0.25) is 5.43 Å². The molecule has 2 N–H and O–H groups in total. The summed E-state index contributed by atoms with van der Waals surface area (Å²) in [5.74, 6) is -1.89. The van der Waals surface area contributed by atoms with Crippen LogP contribution in [0.15, 0.2) is 29.5 Å². The smallest absolute Gasteiger partial charge is 0.341 e. The van der Waals surface area contributed by atoms with Crippen LogP contribution in [0.5, 0.6) is 0 Å². The van der Waals surface area contributed by atoms with Crippen molar-refractivity contribution in [2.24, 2.45) is 0 Å². The van der Waals surface area contributed by atoms with Crippen LogP contribution in [-0.2, 0) is 4.52 Å². The fraction of sp³-hybridized carbons (Fsp3) is 0.500. The molecule has 0 amide bonds. The highest BCUT2D eigenvalue weighted by molar-refractivity contribution is 7.43. The van der Waals surface area contributed by atoms with Crippen molar-refractivity contribution in [2.45, 2.75) is 31.8 Å². The van der Waals surface area contributed by atoms with Crippen LogP contribution < -0.4 is 5.43 Å². The molecule has 1 aromatic rings. The maximum atomic E-state index is 15.3. The van der Waals surface area contributed by atoms with E-state index in [0.29, 0.717) is 31.9 Å². The van der Waals surface area contributed by atoms with Crippen LogP contribution in [0.4, 0.5) is 4.39 Å². The van der Waals surface area contributed by atoms with E-state index < -0.39 is 31.8 Å². The molecule has 1 aliphatic carbocycles. The number of aromatic nitrogens is 1. The molecule has 2 fully saturated rings. The fourth-order valence-electron chi connectivity index (χ4n) is 3.73. The third-order valence-electron chi connectivity index (χ3n) is 5.58. The standard InChI is InChI=1S/C20H27FN3O5P/c1-4-18(22-7-9-23(10-8-22)30(28)29-3)17(21)11-15-13(2)24(14-5-6-14)12-16(19(15)25)20(26)27/h4,11-12,14,18,28H,1,5-10H2,2-3H3,(H,26,27)/b17-11+. The first-order valence-corrected chi connectivity index (χ1v) is 11.0. The third kappa shape index (κ3) is 4.71. The molecular formula is C20H27FN3O5P. The van der Waals surface area contributed by atoms with Crippen LogP contribution in [0.3, 0.4) is 0 Å². The number of carboxylic acid groups (broad SMARTS) is 1. The maximum Gasteiger partial charge on any atom is 0.341 e. The highest BCUT2D eigenvalue weighted by Crippen LogP contribution is 2.37. The van der Waals surface area contributed by atoms with Crippen molar-refractivity contribution in [1.29, 1.82) is 0 Å². The monoisotopic (exact) mass is 439 g/mol. The number of rotatable bonds is 8. The number of nitrogens with zero attached hydrogens (tertiary/aromatic N) is 3. The Kier molecular flexibility index (Phi) is 7.21. The number of aromatic carboxylic acids is 1. The first-order chi connectivity index (χ1) is 14.3. The topological polar surface area (TPSA) is 95.2 Å². The van der Waals surface area contributed by atoms with Gasteiger partial charge in [-0.1, -0.05) is 6.08 Å². The lowest BCUT2D eigenvalue weighted by Crippen LogP contribution is -2.48. The van der Waals surface area contributed by atoms with Crippen LogP contribution in [-0.4, -0.2) is 69.4 Å². The molecule has 8 nitrogen and oxygen atoms in total. The van der Waals surface area contributed by atoms with Crippen LogP contribution in [0.1, 0.15) is 40.5 Å². The summed E-state index contributed by atoms with van der Waals surface area (Å²) < 4.78 is 23.8. The second-order valence-electron chi connectivity index (χ2n) is 7.45. The van der Waals surface area contributed by atoms with Crippen LogP contribution >= 0.6 is 8.53 Å². The molecule has 3 rings (SSSR count). The van der Waals surface area contributed by atoms with Crippen molar-refractivity contribution in [2.75, 3.05) is 33.3 Å². The van der Waals surface area contributed by atoms with E-state index in [9.17, 15) is 19.6 Å². The molecule has 0 spiro atoms. The van der Waals surface area contributed by atoms with Gasteiger partial charge in [0.15, 0.2) is 0 Å². The van der Waals surface area contributed by atoms with Crippen molar-refractivity contribution >= 4 is 20.6 Å². The Hall–Kier alpha value is -1.90. The Bertz CT molecular complexity index is 906. The minimum absolute atomic E-state index is 0.0584. The van der Waals surface area contributed by atoms with Gasteiger partial charge in [0.1, 0.15) is 11.4 Å². The SMILES string of the molecule is C=CC(/C(F)=C\c1c(C)n(C2CC2)cc(C(=O)O)c1=O)N1CCN(P(O)OC)CC1. The van der Waals surface area contributed by atoms with Crippen molar-refractivity contribution in [3.63, 3.8) is 0 Å². The van der Waals surface area contributed by atoms with Gasteiger partial charge in [-0.2, -0.15) is 0 Å². The number of piperazine rings is 1. The minimum atomic E-state index is -1.64. The molecular weight excluding hydrogens is 412 g/mol. The summed E-state index contributed by atoms with van der Waals surface area (Å²) in [5.41, 5.74) is -0.429. The average molecular weight is 439 g/mol. The Labute approximate surface area is 175 Å². The van der Waals surface area contributed by atoms with Crippen LogP contribution in [0, 0.1) is 6.92 Å². The maximum absolute atomic E-state index is 15.3. The number of pyridine rings is 1. The van der Waals surface area contributed by atoms with Crippen molar-refractivity contribution < 1.29 is 23.7 Å². The van der Waals surface area contributed by atoms with Gasteiger partial charge in [0.25, 0.3) is 8.53 Å². The van der Waals surface area contributed by atoms with E-state index in [1.165, 1.54) is 19.4 Å². The van der Waals surface area contributed by atoms with E-state index in [4.69, 9.17) is 4.52 Å². The Balaban J connectivity index is 1.89. The van der Waals surface area contributed by atoms with E-state index in [1.54, 1.807) is 16.2 Å². The minimum Gasteiger partial charge on any atom is -0.477 e. The zero-order chi connectivity index (χ0) is 22.0. The number of halogens is 1. The molecule has 0 aromatic carbocycles. The van der Waals surface area contributed by atoms with Gasteiger partial charge in [0.05, 0.1) is 6.04 Å². The molecule has 2 heterocycles. The fourth-order valence-corrected chi connectivity index (χ4v) is 4.48. The van der Waals surface area contributed by atoms with Gasteiger partial charge in [-0.15, -0.1) is 6.58 Å². The molecule has 2 unspecified atom stereocenters. The largest absolute Gasteiger partial charge is 0.477 e. The molecule has 0 radical (unpaired) electrons. The molecule has 1 saturated carbocycles. The van der Waals surface area contributed by atoms with E-state index >= 15 is 4.39 Å². The molecule has 10 heteroatoms. The number of carboxylic acids is 1. The summed E-state index contributed by atoms with van der Waals surface area (Å²) in [7, 11) is -0.205. The molecule has 30 heavy (non-hydrogen) atoms. The lowest BCUT2D eigenvalue weighted by molar-refractivity contribution is 0.0694. The van der Waals surface area contributed by atoms with Crippen LogP contribution in [0.2, 0.25) is 0 Å². The second-order valence-corrected chi connectivity index (χ2v) is 8.89. The summed E-state index contributed by atoms with van der Waals surface area (Å²) in [4.78, 5) is 35.9. The number of carbonyl (C=O) groups is 1. The van der Waals surface area contributed by atoms with Crippen LogP contribution in [0.25, 0.3) is 6.08 Å². The summed E-state index contributed by atoms with van der Waals surface area (Å²) >= 11 is 0. The van der Waals surface area contributed by atoms with E-state index in [0.717, 1.165) is 18.9 Å². The molecule has 164 valence electrons. The molecule has 0 bridgehead atoms. The van der Waals surface area contributed by atoms with Gasteiger partial charge in [0, 0.05) is 56.8 Å². The quantitative estimate of drug-likeness (QED) is 0.475. The summed E-state index contributed by atoms with van der Waals surface area (Å²) in [6, 6.07) is -0.599. The molecule has 1 aliphatic heterocycles. The van der Waals surface area contributed by atoms with Gasteiger partial charge in [-0.05, 0) is 25.8 Å². The van der Waals surface area contributed by atoms with Crippen molar-refractivity contribution in [3.8, 4) is 0 Å². The zero-order valence-electron chi connectivity index (χ0n) is 17.1. The van der Waals surface area contributed by atoms with Gasteiger partial charge < -0.3 is 19.1 Å². The zero-order valence-corrected chi connectivity index (χ0v) is 18.0. The number of hydrogen-bond acceptors (Lipinski definition) is 6. The highest BCUT2D eigenvalue weighted by Gasteiger charge is 2.30. The summed E-state index contributed by atoms with van der Waals surface area (Å²) in [6.07, 6.45) is 5.79. The highest BCUT2D eigenvalue weighted by atomic mass is 31.2. The van der Waals surface area contributed by atoms with Gasteiger partial charge in [-0.25, -0.2) is 13.9 Å². The molecule has 1 aromatic heterocycles. The first-order valence-electron chi connectivity index (χ1n) is 9.79. The Morgan fingerprint density at radius 3 is 2.50 bits per heavy atom. The third-order valence-corrected chi connectivity index (χ3v) is 6.79. The molecule has 1 saturated heterocycles. The van der Waals surface area contributed by atoms with Gasteiger partial charge >= 0.3 is 5.97 Å². The summed E-state index contributed by atoms with van der Waals surface area (Å²) in [5, 5.41) is 9.40. The normalized spacial score (nSPS) is 20.7. The molecule has 2 aliphatic rings. The number of hydrogen-bond donors (Lipinski definition) is 2. The molecule has 2 atom stereocenters. The van der Waals surface area contributed by atoms with Crippen molar-refractivity contribution in [1.82, 2.24) is 14.1 Å².